The summed E-state index contributed by atoms with van der Waals surface area (Å²) in [6, 6.07) is 10.4. The number of methoxy groups -OCH3 is 1. The van der Waals surface area contributed by atoms with Crippen LogP contribution in [0, 0.1) is 5.82 Å². The molecule has 0 aromatic heterocycles. The van der Waals surface area contributed by atoms with Gasteiger partial charge >= 0.3 is 5.97 Å². The number of hydrogen-bond acceptors (Lipinski definition) is 3. The van der Waals surface area contributed by atoms with E-state index in [2.05, 4.69) is 0 Å². The lowest BCUT2D eigenvalue weighted by molar-refractivity contribution is -0.136. The largest absolute Gasteiger partial charge is 0.465 e. The van der Waals surface area contributed by atoms with Gasteiger partial charge < -0.3 is 4.74 Å². The van der Waals surface area contributed by atoms with Crippen molar-refractivity contribution in [1.82, 2.24) is 0 Å². The zero-order valence-electron chi connectivity index (χ0n) is 14.4. The summed E-state index contributed by atoms with van der Waals surface area (Å²) in [6.45, 7) is 1.62. The van der Waals surface area contributed by atoms with Crippen molar-refractivity contribution < 1.29 is 18.7 Å². The van der Waals surface area contributed by atoms with E-state index in [0.717, 1.165) is 0 Å². The minimum atomic E-state index is -0.661. The Labute approximate surface area is 165 Å². The average molecular weight is 406 g/mol. The molecule has 3 rings (SSSR count). The van der Waals surface area contributed by atoms with Gasteiger partial charge in [-0.2, -0.15) is 0 Å². The molecule has 1 aliphatic heterocycles. The second-order valence-corrected chi connectivity index (χ2v) is 6.62. The van der Waals surface area contributed by atoms with Crippen molar-refractivity contribution in [3.8, 4) is 0 Å². The zero-order chi connectivity index (χ0) is 19.7. The summed E-state index contributed by atoms with van der Waals surface area (Å²) in [4.78, 5) is 26.7. The quantitative estimate of drug-likeness (QED) is 0.532. The molecule has 0 bridgehead atoms. The van der Waals surface area contributed by atoms with Gasteiger partial charge in [-0.15, -0.1) is 0 Å². The number of allylic oxidation sites excluding steroid dienone is 1. The molecular weight excluding hydrogens is 392 g/mol. The van der Waals surface area contributed by atoms with Crippen LogP contribution in [0.4, 0.5) is 10.1 Å². The van der Waals surface area contributed by atoms with Crippen molar-refractivity contribution in [1.29, 1.82) is 0 Å². The summed E-state index contributed by atoms with van der Waals surface area (Å²) in [7, 11) is 1.23. The number of hydrogen-bond donors (Lipinski definition) is 0. The Morgan fingerprint density at radius 3 is 2.52 bits per heavy atom. The van der Waals surface area contributed by atoms with E-state index in [1.165, 1.54) is 42.4 Å². The first-order chi connectivity index (χ1) is 12.8. The van der Waals surface area contributed by atoms with Gasteiger partial charge in [-0.25, -0.2) is 9.18 Å². The molecule has 1 amide bonds. The van der Waals surface area contributed by atoms with Gasteiger partial charge in [0, 0.05) is 5.70 Å². The highest BCUT2D eigenvalue weighted by Gasteiger charge is 2.38. The standard InChI is InChI=1S/C20H14Cl2FNO3/c1-11-18(20(26)27-2)15(9-12-4-3-5-13(23)8-12)19(25)24(11)14-6-7-16(21)17(22)10-14/h3-10H,1-2H3/b15-9-. The third kappa shape index (κ3) is 3.61. The lowest BCUT2D eigenvalue weighted by Gasteiger charge is -2.18. The van der Waals surface area contributed by atoms with Crippen molar-refractivity contribution in [2.45, 2.75) is 6.92 Å². The summed E-state index contributed by atoms with van der Waals surface area (Å²) < 4.78 is 18.3. The molecule has 2 aromatic carbocycles. The second-order valence-electron chi connectivity index (χ2n) is 5.80. The van der Waals surface area contributed by atoms with Gasteiger partial charge in [0.2, 0.25) is 0 Å². The van der Waals surface area contributed by atoms with Crippen LogP contribution in [0.1, 0.15) is 12.5 Å². The molecule has 27 heavy (non-hydrogen) atoms. The van der Waals surface area contributed by atoms with E-state index in [0.29, 0.717) is 22.0 Å². The summed E-state index contributed by atoms with van der Waals surface area (Å²) in [5, 5.41) is 0.620. The van der Waals surface area contributed by atoms with Gasteiger partial charge in [-0.3, -0.25) is 9.69 Å². The van der Waals surface area contributed by atoms with Gasteiger partial charge in [-0.05, 0) is 48.9 Å². The van der Waals surface area contributed by atoms with Gasteiger partial charge in [0.15, 0.2) is 0 Å². The number of esters is 1. The number of rotatable bonds is 3. The smallest absolute Gasteiger partial charge is 0.340 e. The van der Waals surface area contributed by atoms with Crippen LogP contribution in [0.3, 0.4) is 0 Å². The Kier molecular flexibility index (Phi) is 5.35. The number of benzene rings is 2. The molecule has 7 heteroatoms. The van der Waals surface area contributed by atoms with Crippen molar-refractivity contribution in [3.63, 3.8) is 0 Å². The summed E-state index contributed by atoms with van der Waals surface area (Å²) >= 11 is 12.0. The number of halogens is 3. The van der Waals surface area contributed by atoms with E-state index in [4.69, 9.17) is 27.9 Å². The molecule has 0 radical (unpaired) electrons. The highest BCUT2D eigenvalue weighted by molar-refractivity contribution is 6.42. The maximum absolute atomic E-state index is 13.5. The molecule has 4 nitrogen and oxygen atoms in total. The molecule has 0 atom stereocenters. The summed E-state index contributed by atoms with van der Waals surface area (Å²) in [5.41, 5.74) is 1.50. The maximum atomic E-state index is 13.5. The molecule has 0 unspecified atom stereocenters. The van der Waals surface area contributed by atoms with Crippen LogP contribution >= 0.6 is 23.2 Å². The predicted molar refractivity (Wildman–Crippen MR) is 103 cm³/mol. The number of anilines is 1. The molecule has 0 saturated carbocycles. The second kappa shape index (κ2) is 7.55. The zero-order valence-corrected chi connectivity index (χ0v) is 15.9. The number of carbonyl (C=O) groups excluding carboxylic acids is 2. The van der Waals surface area contributed by atoms with E-state index >= 15 is 0 Å². The van der Waals surface area contributed by atoms with Crippen molar-refractivity contribution in [2.75, 3.05) is 12.0 Å². The molecule has 0 spiro atoms. The average Bonchev–Trinajstić information content (AvgIpc) is 2.87. The maximum Gasteiger partial charge on any atom is 0.340 e. The number of amides is 1. The lowest BCUT2D eigenvalue weighted by Crippen LogP contribution is -2.24. The molecule has 0 fully saturated rings. The molecule has 138 valence electrons. The van der Waals surface area contributed by atoms with E-state index < -0.39 is 17.7 Å². The third-order valence-corrected chi connectivity index (χ3v) is 4.85. The molecule has 1 aliphatic rings. The van der Waals surface area contributed by atoms with E-state index in [-0.39, 0.29) is 16.2 Å². The molecule has 0 saturated heterocycles. The topological polar surface area (TPSA) is 46.6 Å². The van der Waals surface area contributed by atoms with Crippen molar-refractivity contribution in [2.24, 2.45) is 0 Å². The third-order valence-electron chi connectivity index (χ3n) is 4.11. The fourth-order valence-electron chi connectivity index (χ4n) is 2.88. The van der Waals surface area contributed by atoms with Crippen LogP contribution in [-0.4, -0.2) is 19.0 Å². The fourth-order valence-corrected chi connectivity index (χ4v) is 3.17. The van der Waals surface area contributed by atoms with Crippen LogP contribution in [0.25, 0.3) is 6.08 Å². The van der Waals surface area contributed by atoms with E-state index in [9.17, 15) is 14.0 Å². The fraction of sp³-hybridized carbons (Fsp3) is 0.100. The highest BCUT2D eigenvalue weighted by Crippen LogP contribution is 2.37. The van der Waals surface area contributed by atoms with E-state index in [1.54, 1.807) is 25.1 Å². The minimum absolute atomic E-state index is 0.107. The first-order valence-corrected chi connectivity index (χ1v) is 8.65. The van der Waals surface area contributed by atoms with Crippen LogP contribution in [0.15, 0.2) is 59.3 Å². The Morgan fingerprint density at radius 1 is 1.15 bits per heavy atom. The van der Waals surface area contributed by atoms with E-state index in [1.807, 2.05) is 0 Å². The van der Waals surface area contributed by atoms with Crippen LogP contribution in [0.5, 0.6) is 0 Å². The number of ether oxygens (including phenoxy) is 1. The molecular formula is C20H14Cl2FNO3. The molecule has 0 aliphatic carbocycles. The lowest BCUT2D eigenvalue weighted by atomic mass is 10.0. The predicted octanol–water partition coefficient (Wildman–Crippen LogP) is 5.01. The van der Waals surface area contributed by atoms with Crippen molar-refractivity contribution in [3.05, 3.63) is 80.7 Å². The van der Waals surface area contributed by atoms with Gasteiger partial charge in [0.05, 0.1) is 34.0 Å². The Morgan fingerprint density at radius 2 is 1.89 bits per heavy atom. The number of carbonyl (C=O) groups is 2. The Bertz CT molecular complexity index is 1010. The van der Waals surface area contributed by atoms with Crippen LogP contribution in [-0.2, 0) is 14.3 Å². The first kappa shape index (κ1) is 19.1. The highest BCUT2D eigenvalue weighted by atomic mass is 35.5. The Hall–Kier alpha value is -2.63. The van der Waals surface area contributed by atoms with Gasteiger partial charge in [0.1, 0.15) is 5.82 Å². The summed E-state index contributed by atoms with van der Waals surface area (Å²) in [6.07, 6.45) is 1.46. The minimum Gasteiger partial charge on any atom is -0.465 e. The monoisotopic (exact) mass is 405 g/mol. The van der Waals surface area contributed by atoms with Crippen LogP contribution in [0.2, 0.25) is 10.0 Å². The molecule has 0 N–H and O–H groups in total. The van der Waals surface area contributed by atoms with Gasteiger partial charge in [0.25, 0.3) is 5.91 Å². The number of nitrogens with zero attached hydrogens (tertiary/aromatic N) is 1. The van der Waals surface area contributed by atoms with Gasteiger partial charge in [-0.1, -0.05) is 35.3 Å². The first-order valence-electron chi connectivity index (χ1n) is 7.90. The Balaban J connectivity index is 2.15. The van der Waals surface area contributed by atoms with Crippen LogP contribution < -0.4 is 4.90 Å². The normalized spacial score (nSPS) is 15.7. The van der Waals surface area contributed by atoms with Crippen molar-refractivity contribution >= 4 is 46.8 Å². The summed E-state index contributed by atoms with van der Waals surface area (Å²) in [5.74, 6) is -1.56. The SMILES string of the molecule is COC(=O)C1=C(C)N(c2ccc(Cl)c(Cl)c2)C(=O)/C1=C\c1cccc(F)c1. The molecule has 1 heterocycles. The molecule has 2 aromatic rings.